The van der Waals surface area contributed by atoms with Crippen molar-refractivity contribution in [1.29, 1.82) is 0 Å². The van der Waals surface area contributed by atoms with Crippen LogP contribution in [0.1, 0.15) is 45.0 Å². The summed E-state index contributed by atoms with van der Waals surface area (Å²) >= 11 is 1.68. The van der Waals surface area contributed by atoms with E-state index in [0.717, 1.165) is 12.8 Å². The van der Waals surface area contributed by atoms with Gasteiger partial charge in [-0.25, -0.2) is 5.10 Å². The van der Waals surface area contributed by atoms with Gasteiger partial charge in [-0.05, 0) is 43.0 Å². The smallest absolute Gasteiger partial charge is 0.249 e. The molecule has 0 aromatic carbocycles. The van der Waals surface area contributed by atoms with Crippen LogP contribution in [0.25, 0.3) is 0 Å². The number of tetrazole rings is 1. The lowest BCUT2D eigenvalue weighted by atomic mass is 9.95. The molecule has 3 aliphatic rings. The first-order valence-corrected chi connectivity index (χ1v) is 9.05. The molecule has 2 fully saturated rings. The minimum atomic E-state index is -0.451. The van der Waals surface area contributed by atoms with Gasteiger partial charge in [0.15, 0.2) is 5.82 Å². The monoisotopic (exact) mass is 348 g/mol. The molecule has 8 nitrogen and oxygen atoms in total. The maximum atomic E-state index is 12.6. The highest BCUT2D eigenvalue weighted by molar-refractivity contribution is 8.01. The fourth-order valence-corrected chi connectivity index (χ4v) is 5.44. The highest BCUT2D eigenvalue weighted by atomic mass is 32.2. The van der Waals surface area contributed by atoms with Crippen molar-refractivity contribution < 1.29 is 9.59 Å². The number of nitrogens with one attached hydrogen (secondary N) is 2. The average Bonchev–Trinajstić information content (AvgIpc) is 3.24. The van der Waals surface area contributed by atoms with Gasteiger partial charge in [-0.2, -0.15) is 0 Å². The highest BCUT2D eigenvalue weighted by Gasteiger charge is 2.63. The van der Waals surface area contributed by atoms with E-state index in [1.54, 1.807) is 16.7 Å². The number of carbonyl (C=O) groups is 2. The molecule has 2 saturated heterocycles. The second-order valence-corrected chi connectivity index (χ2v) is 8.83. The van der Waals surface area contributed by atoms with E-state index in [0.29, 0.717) is 18.2 Å². The largest absolute Gasteiger partial charge is 0.342 e. The molecule has 2 N–H and O–H groups in total. The Kier molecular flexibility index (Phi) is 3.63. The molecular formula is C15H20N6O2S. The van der Waals surface area contributed by atoms with Gasteiger partial charge < -0.3 is 10.2 Å². The molecule has 4 atom stereocenters. The van der Waals surface area contributed by atoms with Crippen LogP contribution < -0.4 is 5.32 Å². The van der Waals surface area contributed by atoms with Crippen molar-refractivity contribution in [1.82, 2.24) is 30.8 Å². The molecule has 1 aromatic heterocycles. The van der Waals surface area contributed by atoms with E-state index < -0.39 is 6.04 Å². The quantitative estimate of drug-likeness (QED) is 0.615. The van der Waals surface area contributed by atoms with Gasteiger partial charge in [0.2, 0.25) is 11.8 Å². The maximum absolute atomic E-state index is 12.6. The fraction of sp³-hybridized carbons (Fsp3) is 0.667. The number of β-lactam (4-membered cyclic amide) rings is 1. The maximum Gasteiger partial charge on any atom is 0.249 e. The summed E-state index contributed by atoms with van der Waals surface area (Å²) in [6.07, 6.45) is 6.71. The van der Waals surface area contributed by atoms with E-state index in [1.165, 1.54) is 0 Å². The Hall–Kier alpha value is -1.90. The van der Waals surface area contributed by atoms with Gasteiger partial charge in [-0.15, -0.1) is 16.9 Å². The van der Waals surface area contributed by atoms with Crippen molar-refractivity contribution in [2.45, 2.75) is 55.3 Å². The number of aromatic amines is 1. The summed E-state index contributed by atoms with van der Waals surface area (Å²) in [5.74, 6) is 0.781. The zero-order valence-electron chi connectivity index (χ0n) is 13.6. The van der Waals surface area contributed by atoms with Gasteiger partial charge in [0.05, 0.1) is 0 Å². The van der Waals surface area contributed by atoms with Gasteiger partial charge in [-0.3, -0.25) is 9.59 Å². The lowest BCUT2D eigenvalue weighted by Crippen LogP contribution is -2.67. The molecule has 0 radical (unpaired) electrons. The first kappa shape index (κ1) is 15.6. The summed E-state index contributed by atoms with van der Waals surface area (Å²) in [5, 5.41) is 16.9. The number of amides is 2. The number of fused-ring (bicyclic) bond motifs is 1. The van der Waals surface area contributed by atoms with E-state index in [-0.39, 0.29) is 28.0 Å². The molecule has 9 heteroatoms. The third kappa shape index (κ3) is 2.42. The number of aromatic nitrogens is 4. The molecule has 0 bridgehead atoms. The third-order valence-corrected chi connectivity index (χ3v) is 6.51. The predicted octanol–water partition coefficient (Wildman–Crippen LogP) is 0.776. The zero-order valence-corrected chi connectivity index (χ0v) is 14.4. The summed E-state index contributed by atoms with van der Waals surface area (Å²) in [5.41, 5.74) is 0. The topological polar surface area (TPSA) is 104 Å². The lowest BCUT2D eigenvalue weighted by Gasteiger charge is -2.44. The van der Waals surface area contributed by atoms with Crippen LogP contribution in [-0.4, -0.2) is 53.5 Å². The van der Waals surface area contributed by atoms with Crippen molar-refractivity contribution in [2.75, 3.05) is 0 Å². The van der Waals surface area contributed by atoms with E-state index in [1.807, 2.05) is 0 Å². The molecule has 0 spiro atoms. The van der Waals surface area contributed by atoms with Crippen LogP contribution in [0.15, 0.2) is 12.2 Å². The van der Waals surface area contributed by atoms with E-state index >= 15 is 0 Å². The van der Waals surface area contributed by atoms with Crippen LogP contribution in [-0.2, 0) is 9.59 Å². The number of thioether (sulfide) groups is 1. The van der Waals surface area contributed by atoms with Crippen molar-refractivity contribution >= 4 is 23.6 Å². The van der Waals surface area contributed by atoms with Gasteiger partial charge in [0.25, 0.3) is 0 Å². The molecule has 2 amide bonds. The molecule has 3 heterocycles. The van der Waals surface area contributed by atoms with Gasteiger partial charge in [0, 0.05) is 11.2 Å². The fourth-order valence-electron chi connectivity index (χ4n) is 3.81. The predicted molar refractivity (Wildman–Crippen MR) is 87.6 cm³/mol. The molecule has 1 aliphatic carbocycles. The summed E-state index contributed by atoms with van der Waals surface area (Å²) in [6, 6.07) is -0.658. The number of hydrogen-bond donors (Lipinski definition) is 2. The number of hydrogen-bond acceptors (Lipinski definition) is 6. The highest BCUT2D eigenvalue weighted by Crippen LogP contribution is 2.56. The normalized spacial score (nSPS) is 33.4. The van der Waals surface area contributed by atoms with E-state index in [2.05, 4.69) is 51.9 Å². The SMILES string of the molecule is CC1(C)SC2C(NC(=O)CC3C=CCC3)C(=O)N2C1c1nnn[nH]1. The second-order valence-electron chi connectivity index (χ2n) is 7.06. The standard InChI is InChI=1S/C15H20N6O2S/c1-15(2)11(12-17-19-20-18-12)21-13(23)10(14(21)24-15)16-9(22)7-8-5-3-4-6-8/h3,5,8,10-11,14H,4,6-7H2,1-2H3,(H,16,22)(H,17,18,19,20). The van der Waals surface area contributed by atoms with Gasteiger partial charge in [-0.1, -0.05) is 12.2 Å². The molecular weight excluding hydrogens is 328 g/mol. The van der Waals surface area contributed by atoms with Crippen molar-refractivity contribution in [2.24, 2.45) is 5.92 Å². The Morgan fingerprint density at radius 2 is 2.38 bits per heavy atom. The Bertz CT molecular complexity index is 688. The number of nitrogens with zero attached hydrogens (tertiary/aromatic N) is 4. The minimum absolute atomic E-state index is 0.0484. The third-order valence-electron chi connectivity index (χ3n) is 4.94. The number of rotatable bonds is 4. The van der Waals surface area contributed by atoms with Crippen LogP contribution in [0, 0.1) is 5.92 Å². The average molecular weight is 348 g/mol. The summed E-state index contributed by atoms with van der Waals surface area (Å²) < 4.78 is -0.227. The second kappa shape index (κ2) is 5.58. The first-order chi connectivity index (χ1) is 11.5. The van der Waals surface area contributed by atoms with E-state index in [4.69, 9.17) is 0 Å². The molecule has 128 valence electrons. The molecule has 4 unspecified atom stereocenters. The van der Waals surface area contributed by atoms with Crippen LogP contribution in [0.3, 0.4) is 0 Å². The Morgan fingerprint density at radius 3 is 3.04 bits per heavy atom. The Labute approximate surface area is 143 Å². The summed E-state index contributed by atoms with van der Waals surface area (Å²) in [4.78, 5) is 26.6. The van der Waals surface area contributed by atoms with E-state index in [9.17, 15) is 9.59 Å². The Balaban J connectivity index is 1.45. The van der Waals surface area contributed by atoms with Crippen LogP contribution in [0.2, 0.25) is 0 Å². The van der Waals surface area contributed by atoms with Crippen molar-refractivity contribution in [3.63, 3.8) is 0 Å². The molecule has 24 heavy (non-hydrogen) atoms. The zero-order chi connectivity index (χ0) is 16.9. The number of carbonyl (C=O) groups excluding carboxylic acids is 2. The van der Waals surface area contributed by atoms with Crippen LogP contribution in [0.4, 0.5) is 0 Å². The Morgan fingerprint density at radius 1 is 1.54 bits per heavy atom. The van der Waals surface area contributed by atoms with Crippen molar-refractivity contribution in [3.05, 3.63) is 18.0 Å². The molecule has 0 saturated carbocycles. The summed E-state index contributed by atoms with van der Waals surface area (Å²) in [7, 11) is 0. The molecule has 4 rings (SSSR count). The minimum Gasteiger partial charge on any atom is -0.342 e. The van der Waals surface area contributed by atoms with Gasteiger partial charge in [0.1, 0.15) is 17.5 Å². The van der Waals surface area contributed by atoms with Gasteiger partial charge >= 0.3 is 0 Å². The van der Waals surface area contributed by atoms with Crippen molar-refractivity contribution in [3.8, 4) is 0 Å². The first-order valence-electron chi connectivity index (χ1n) is 8.17. The summed E-state index contributed by atoms with van der Waals surface area (Å²) in [6.45, 7) is 4.14. The lowest BCUT2D eigenvalue weighted by molar-refractivity contribution is -0.151. The molecule has 1 aromatic rings. The van der Waals surface area contributed by atoms with Crippen LogP contribution in [0.5, 0.6) is 0 Å². The number of allylic oxidation sites excluding steroid dienone is 2. The molecule has 2 aliphatic heterocycles. The van der Waals surface area contributed by atoms with Crippen LogP contribution >= 0.6 is 11.8 Å². The number of H-pyrrole nitrogens is 1.